The quantitative estimate of drug-likeness (QED) is 0.608. The molecule has 0 saturated carbocycles. The highest BCUT2D eigenvalue weighted by Crippen LogP contribution is 2.31. The van der Waals surface area contributed by atoms with E-state index in [1.165, 1.54) is 5.56 Å². The summed E-state index contributed by atoms with van der Waals surface area (Å²) in [4.78, 5) is 22.0. The number of benzene rings is 2. The van der Waals surface area contributed by atoms with Gasteiger partial charge in [-0.25, -0.2) is 0 Å². The molecule has 0 N–H and O–H groups in total. The number of hydrogen-bond donors (Lipinski definition) is 0. The van der Waals surface area contributed by atoms with E-state index in [2.05, 4.69) is 37.0 Å². The minimum absolute atomic E-state index is 0.102. The van der Waals surface area contributed by atoms with E-state index >= 15 is 0 Å². The van der Waals surface area contributed by atoms with E-state index < -0.39 is 0 Å². The van der Waals surface area contributed by atoms with Gasteiger partial charge in [-0.05, 0) is 49.1 Å². The molecule has 3 nitrogen and oxygen atoms in total. The van der Waals surface area contributed by atoms with Gasteiger partial charge in [0.2, 0.25) is 0 Å². The van der Waals surface area contributed by atoms with E-state index in [9.17, 15) is 4.79 Å². The average Bonchev–Trinajstić information content (AvgIpc) is 2.68. The fraction of sp³-hybridized carbons (Fsp3) is 0.208. The van der Waals surface area contributed by atoms with Crippen LogP contribution in [0.5, 0.6) is 0 Å². The Balaban J connectivity index is 1.73. The molecular formula is C24H22N2O. The Bertz CT molecular complexity index is 1010. The summed E-state index contributed by atoms with van der Waals surface area (Å²) in [6, 6.07) is 19.9. The Hall–Kier alpha value is -3.07. The molecule has 0 bridgehead atoms. The maximum absolute atomic E-state index is 12.8. The summed E-state index contributed by atoms with van der Waals surface area (Å²) < 4.78 is 0. The van der Waals surface area contributed by atoms with Crippen molar-refractivity contribution in [1.82, 2.24) is 4.98 Å². The van der Waals surface area contributed by atoms with Crippen molar-refractivity contribution in [1.29, 1.82) is 0 Å². The Morgan fingerprint density at radius 1 is 1.00 bits per heavy atom. The van der Waals surface area contributed by atoms with Crippen molar-refractivity contribution in [2.75, 3.05) is 0 Å². The first-order valence-electron chi connectivity index (χ1n) is 9.22. The van der Waals surface area contributed by atoms with Crippen LogP contribution >= 0.6 is 0 Å². The number of rotatable bonds is 4. The molecule has 2 heterocycles. The van der Waals surface area contributed by atoms with Gasteiger partial charge in [-0.1, -0.05) is 48.5 Å². The number of Topliss-reactive ketones (excluding diaryl/α,β-unsaturated/α-hetero) is 1. The van der Waals surface area contributed by atoms with Crippen LogP contribution in [0.1, 0.15) is 41.8 Å². The summed E-state index contributed by atoms with van der Waals surface area (Å²) in [6.07, 6.45) is 4.83. The Morgan fingerprint density at radius 3 is 2.56 bits per heavy atom. The molecule has 0 atom stereocenters. The number of fused-ring (bicyclic) bond motifs is 1. The van der Waals surface area contributed by atoms with Gasteiger partial charge in [-0.3, -0.25) is 14.8 Å². The molecule has 1 aromatic heterocycles. The van der Waals surface area contributed by atoms with E-state index in [1.54, 1.807) is 6.20 Å². The minimum atomic E-state index is -0.199. The molecule has 0 radical (unpaired) electrons. The van der Waals surface area contributed by atoms with E-state index in [-0.39, 0.29) is 11.3 Å². The molecule has 0 unspecified atom stereocenters. The zero-order chi connectivity index (χ0) is 18.9. The molecule has 134 valence electrons. The molecule has 1 aliphatic heterocycles. The average molecular weight is 354 g/mol. The molecule has 0 spiro atoms. The normalized spacial score (nSPS) is 15.0. The van der Waals surface area contributed by atoms with Crippen LogP contribution in [-0.4, -0.2) is 22.0 Å². The maximum atomic E-state index is 12.8. The van der Waals surface area contributed by atoms with Crippen LogP contribution in [-0.2, 0) is 6.42 Å². The molecule has 4 rings (SSSR count). The second-order valence-electron chi connectivity index (χ2n) is 7.63. The highest BCUT2D eigenvalue weighted by Gasteiger charge is 2.28. The van der Waals surface area contributed by atoms with Crippen molar-refractivity contribution >= 4 is 11.5 Å². The van der Waals surface area contributed by atoms with Crippen LogP contribution in [0, 0.1) is 0 Å². The summed E-state index contributed by atoms with van der Waals surface area (Å²) in [5, 5.41) is 0. The zero-order valence-corrected chi connectivity index (χ0v) is 15.6. The summed E-state index contributed by atoms with van der Waals surface area (Å²) in [5.41, 5.74) is 5.91. The van der Waals surface area contributed by atoms with Gasteiger partial charge in [0.05, 0.1) is 17.7 Å². The molecule has 3 heteroatoms. The second-order valence-corrected chi connectivity index (χ2v) is 7.63. The van der Waals surface area contributed by atoms with Crippen molar-refractivity contribution < 1.29 is 4.79 Å². The van der Waals surface area contributed by atoms with Crippen LogP contribution in [0.2, 0.25) is 0 Å². The van der Waals surface area contributed by atoms with Crippen molar-refractivity contribution in [3.63, 3.8) is 0 Å². The highest BCUT2D eigenvalue weighted by molar-refractivity contribution is 6.17. The lowest BCUT2D eigenvalue weighted by atomic mass is 9.84. The third kappa shape index (κ3) is 3.72. The van der Waals surface area contributed by atoms with E-state index in [0.717, 1.165) is 34.4 Å². The summed E-state index contributed by atoms with van der Waals surface area (Å²) >= 11 is 0. The van der Waals surface area contributed by atoms with Crippen molar-refractivity contribution in [2.24, 2.45) is 4.99 Å². The molecule has 2 aromatic carbocycles. The van der Waals surface area contributed by atoms with Gasteiger partial charge < -0.3 is 0 Å². The Kier molecular flexibility index (Phi) is 4.44. The number of aromatic nitrogens is 1. The first-order valence-corrected chi connectivity index (χ1v) is 9.22. The molecule has 27 heavy (non-hydrogen) atoms. The van der Waals surface area contributed by atoms with Gasteiger partial charge in [0, 0.05) is 23.5 Å². The van der Waals surface area contributed by atoms with Gasteiger partial charge >= 0.3 is 0 Å². The van der Waals surface area contributed by atoms with Crippen molar-refractivity contribution in [2.45, 2.75) is 32.2 Å². The number of nitrogens with zero attached hydrogens (tertiary/aromatic N) is 2. The summed E-state index contributed by atoms with van der Waals surface area (Å²) in [7, 11) is 0. The zero-order valence-electron chi connectivity index (χ0n) is 15.6. The fourth-order valence-corrected chi connectivity index (χ4v) is 3.66. The number of ketones is 1. The largest absolute Gasteiger partial charge is 0.294 e. The van der Waals surface area contributed by atoms with Crippen molar-refractivity contribution in [3.8, 4) is 11.1 Å². The van der Waals surface area contributed by atoms with E-state index in [1.807, 2.05) is 48.7 Å². The van der Waals surface area contributed by atoms with E-state index in [0.29, 0.717) is 6.42 Å². The van der Waals surface area contributed by atoms with E-state index in [4.69, 9.17) is 4.99 Å². The standard InChI is InChI=1S/C24H22N2O/c1-24(2)15-19-11-10-18(20-9-6-12-25-16-20)13-21(19)22(26-24)14-23(27)17-7-4-3-5-8-17/h3-13,16H,14-15H2,1-2H3. The molecule has 0 amide bonds. The fourth-order valence-electron chi connectivity index (χ4n) is 3.66. The first kappa shape index (κ1) is 17.3. The lowest BCUT2D eigenvalue weighted by molar-refractivity contribution is 0.100. The maximum Gasteiger partial charge on any atom is 0.168 e. The molecular weight excluding hydrogens is 332 g/mol. The monoisotopic (exact) mass is 354 g/mol. The Morgan fingerprint density at radius 2 is 1.81 bits per heavy atom. The second kappa shape index (κ2) is 6.92. The summed E-state index contributed by atoms with van der Waals surface area (Å²) in [6.45, 7) is 4.25. The number of aliphatic imine (C=N–C) groups is 1. The predicted molar refractivity (Wildman–Crippen MR) is 109 cm³/mol. The smallest absolute Gasteiger partial charge is 0.168 e. The third-order valence-electron chi connectivity index (χ3n) is 4.90. The van der Waals surface area contributed by atoms with Crippen LogP contribution in [0.25, 0.3) is 11.1 Å². The molecule has 0 fully saturated rings. The van der Waals surface area contributed by atoms with Crippen LogP contribution in [0.3, 0.4) is 0 Å². The van der Waals surface area contributed by atoms with Gasteiger partial charge in [0.25, 0.3) is 0 Å². The van der Waals surface area contributed by atoms with Gasteiger partial charge in [-0.15, -0.1) is 0 Å². The number of hydrogen-bond acceptors (Lipinski definition) is 3. The third-order valence-corrected chi connectivity index (χ3v) is 4.90. The van der Waals surface area contributed by atoms with Crippen molar-refractivity contribution in [3.05, 3.63) is 89.7 Å². The predicted octanol–water partition coefficient (Wildman–Crippen LogP) is 5.15. The van der Waals surface area contributed by atoms with Crippen LogP contribution in [0.15, 0.2) is 78.0 Å². The molecule has 0 aliphatic carbocycles. The molecule has 3 aromatic rings. The van der Waals surface area contributed by atoms with Crippen LogP contribution in [0.4, 0.5) is 0 Å². The van der Waals surface area contributed by atoms with Crippen LogP contribution < -0.4 is 0 Å². The number of carbonyl (C=O) groups is 1. The minimum Gasteiger partial charge on any atom is -0.294 e. The molecule has 1 aliphatic rings. The lowest BCUT2D eigenvalue weighted by Gasteiger charge is -2.29. The Labute approximate surface area is 159 Å². The lowest BCUT2D eigenvalue weighted by Crippen LogP contribution is -2.30. The first-order chi connectivity index (χ1) is 13.0. The number of carbonyl (C=O) groups excluding carboxylic acids is 1. The topological polar surface area (TPSA) is 42.3 Å². The van der Waals surface area contributed by atoms with Gasteiger partial charge in [-0.2, -0.15) is 0 Å². The SMILES string of the molecule is CC1(C)Cc2ccc(-c3cccnc3)cc2C(CC(=O)c2ccccc2)=N1. The number of pyridine rings is 1. The van der Waals surface area contributed by atoms with Gasteiger partial charge in [0.15, 0.2) is 5.78 Å². The highest BCUT2D eigenvalue weighted by atomic mass is 16.1. The summed E-state index contributed by atoms with van der Waals surface area (Å²) in [5.74, 6) is 0.102. The molecule has 0 saturated heterocycles. The van der Waals surface area contributed by atoms with Gasteiger partial charge in [0.1, 0.15) is 0 Å².